The molecule has 0 spiro atoms. The third-order valence-electron chi connectivity index (χ3n) is 2.49. The zero-order valence-corrected chi connectivity index (χ0v) is 12.5. The Morgan fingerprint density at radius 2 is 2.28 bits per heavy atom. The SMILES string of the molecule is COc1ccc(Br)cc1CC(=O)c1cnc(C)s1. The molecule has 0 saturated carbocycles. The standard InChI is InChI=1S/C13H12BrNO2S/c1-8-15-7-13(18-8)11(16)6-9-5-10(14)3-4-12(9)17-2/h3-5,7H,6H2,1-2H3. The molecule has 0 atom stereocenters. The lowest BCUT2D eigenvalue weighted by Crippen LogP contribution is -2.03. The molecule has 1 heterocycles. The Bertz CT molecular complexity index is 580. The normalized spacial score (nSPS) is 10.4. The third-order valence-corrected chi connectivity index (χ3v) is 3.94. The summed E-state index contributed by atoms with van der Waals surface area (Å²) in [4.78, 5) is 16.9. The summed E-state index contributed by atoms with van der Waals surface area (Å²) < 4.78 is 6.19. The maximum atomic E-state index is 12.1. The molecule has 0 radical (unpaired) electrons. The number of Topliss-reactive ketones (excluding diaryl/α,β-unsaturated/α-hetero) is 1. The molecule has 0 amide bonds. The Labute approximate surface area is 118 Å². The molecule has 5 heteroatoms. The first-order valence-corrected chi connectivity index (χ1v) is 6.99. The number of hydrogen-bond donors (Lipinski definition) is 0. The third kappa shape index (κ3) is 2.97. The van der Waals surface area contributed by atoms with Crippen LogP contribution < -0.4 is 4.74 Å². The van der Waals surface area contributed by atoms with E-state index in [1.54, 1.807) is 13.3 Å². The second-order valence-electron chi connectivity index (χ2n) is 3.80. The second kappa shape index (κ2) is 5.63. The Balaban J connectivity index is 2.23. The van der Waals surface area contributed by atoms with Crippen molar-refractivity contribution in [3.8, 4) is 5.75 Å². The molecule has 0 bridgehead atoms. The summed E-state index contributed by atoms with van der Waals surface area (Å²) in [6.45, 7) is 1.89. The molecule has 18 heavy (non-hydrogen) atoms. The summed E-state index contributed by atoms with van der Waals surface area (Å²) in [7, 11) is 1.61. The molecule has 0 fully saturated rings. The zero-order chi connectivity index (χ0) is 13.1. The van der Waals surface area contributed by atoms with Crippen LogP contribution in [0.2, 0.25) is 0 Å². The van der Waals surface area contributed by atoms with Crippen LogP contribution in [0.15, 0.2) is 28.9 Å². The number of hydrogen-bond acceptors (Lipinski definition) is 4. The van der Waals surface area contributed by atoms with Gasteiger partial charge in [0.15, 0.2) is 5.78 Å². The maximum absolute atomic E-state index is 12.1. The van der Waals surface area contributed by atoms with Crippen LogP contribution in [0, 0.1) is 6.92 Å². The van der Waals surface area contributed by atoms with Crippen molar-refractivity contribution in [1.29, 1.82) is 0 Å². The van der Waals surface area contributed by atoms with Crippen LogP contribution in [-0.2, 0) is 6.42 Å². The van der Waals surface area contributed by atoms with E-state index in [0.717, 1.165) is 20.8 Å². The van der Waals surface area contributed by atoms with Gasteiger partial charge in [-0.2, -0.15) is 0 Å². The molecule has 1 aromatic heterocycles. The predicted octanol–water partition coefficient (Wildman–Crippen LogP) is 3.65. The number of nitrogens with zero attached hydrogens (tertiary/aromatic N) is 1. The van der Waals surface area contributed by atoms with Gasteiger partial charge in [0.05, 0.1) is 17.0 Å². The summed E-state index contributed by atoms with van der Waals surface area (Å²) >= 11 is 4.82. The fourth-order valence-electron chi connectivity index (χ4n) is 1.64. The Morgan fingerprint density at radius 3 is 2.89 bits per heavy atom. The van der Waals surface area contributed by atoms with E-state index in [0.29, 0.717) is 11.3 Å². The number of aryl methyl sites for hydroxylation is 1. The number of benzene rings is 1. The molecule has 0 aliphatic rings. The quantitative estimate of drug-likeness (QED) is 0.805. The molecular weight excluding hydrogens is 314 g/mol. The summed E-state index contributed by atoms with van der Waals surface area (Å²) in [6, 6.07) is 5.65. The minimum atomic E-state index is 0.0667. The van der Waals surface area contributed by atoms with Crippen molar-refractivity contribution in [1.82, 2.24) is 4.98 Å². The lowest BCUT2D eigenvalue weighted by molar-refractivity contribution is 0.0995. The van der Waals surface area contributed by atoms with E-state index in [2.05, 4.69) is 20.9 Å². The molecule has 0 N–H and O–H groups in total. The number of carbonyl (C=O) groups excluding carboxylic acids is 1. The average molecular weight is 326 g/mol. The molecule has 94 valence electrons. The van der Waals surface area contributed by atoms with Crippen molar-refractivity contribution in [3.63, 3.8) is 0 Å². The Kier molecular flexibility index (Phi) is 4.14. The highest BCUT2D eigenvalue weighted by Crippen LogP contribution is 2.25. The van der Waals surface area contributed by atoms with E-state index < -0.39 is 0 Å². The van der Waals surface area contributed by atoms with E-state index in [9.17, 15) is 4.79 Å². The topological polar surface area (TPSA) is 39.2 Å². The fraction of sp³-hybridized carbons (Fsp3) is 0.231. The second-order valence-corrected chi connectivity index (χ2v) is 5.95. The lowest BCUT2D eigenvalue weighted by atomic mass is 10.1. The van der Waals surface area contributed by atoms with Crippen LogP contribution in [0.1, 0.15) is 20.2 Å². The van der Waals surface area contributed by atoms with E-state index in [-0.39, 0.29) is 5.78 Å². The van der Waals surface area contributed by atoms with Gasteiger partial charge >= 0.3 is 0 Å². The number of ether oxygens (including phenoxy) is 1. The van der Waals surface area contributed by atoms with Gasteiger partial charge in [-0.05, 0) is 25.1 Å². The molecule has 0 unspecified atom stereocenters. The van der Waals surface area contributed by atoms with Gasteiger partial charge in [0, 0.05) is 22.7 Å². The van der Waals surface area contributed by atoms with Crippen LogP contribution in [0.4, 0.5) is 0 Å². The zero-order valence-electron chi connectivity index (χ0n) is 10.1. The van der Waals surface area contributed by atoms with Crippen molar-refractivity contribution in [2.45, 2.75) is 13.3 Å². The maximum Gasteiger partial charge on any atom is 0.178 e. The molecule has 1 aromatic carbocycles. The van der Waals surface area contributed by atoms with Crippen molar-refractivity contribution >= 4 is 33.0 Å². The highest BCUT2D eigenvalue weighted by Gasteiger charge is 2.13. The average Bonchev–Trinajstić information content (AvgIpc) is 2.76. The van der Waals surface area contributed by atoms with Gasteiger partial charge in [-0.25, -0.2) is 4.98 Å². The van der Waals surface area contributed by atoms with Gasteiger partial charge in [0.1, 0.15) is 5.75 Å². The minimum absolute atomic E-state index is 0.0667. The molecular formula is C13H12BrNO2S. The number of halogens is 1. The fourth-order valence-corrected chi connectivity index (χ4v) is 2.76. The van der Waals surface area contributed by atoms with Gasteiger partial charge in [-0.3, -0.25) is 4.79 Å². The first-order chi connectivity index (χ1) is 8.60. The van der Waals surface area contributed by atoms with Crippen LogP contribution >= 0.6 is 27.3 Å². The number of ketones is 1. The summed E-state index contributed by atoms with van der Waals surface area (Å²) in [5.74, 6) is 0.796. The molecule has 3 nitrogen and oxygen atoms in total. The molecule has 2 rings (SSSR count). The van der Waals surface area contributed by atoms with Gasteiger partial charge < -0.3 is 4.74 Å². The van der Waals surface area contributed by atoms with Gasteiger partial charge in [-0.1, -0.05) is 15.9 Å². The number of thiazole rings is 1. The van der Waals surface area contributed by atoms with Crippen molar-refractivity contribution in [2.75, 3.05) is 7.11 Å². The van der Waals surface area contributed by atoms with Crippen LogP contribution in [0.25, 0.3) is 0 Å². The largest absolute Gasteiger partial charge is 0.496 e. The van der Waals surface area contributed by atoms with Crippen LogP contribution in [-0.4, -0.2) is 17.9 Å². The highest BCUT2D eigenvalue weighted by molar-refractivity contribution is 9.10. The summed E-state index contributed by atoms with van der Waals surface area (Å²) in [6.07, 6.45) is 1.96. The molecule has 0 aliphatic carbocycles. The smallest absolute Gasteiger partial charge is 0.178 e. The van der Waals surface area contributed by atoms with E-state index in [1.807, 2.05) is 25.1 Å². The molecule has 0 aliphatic heterocycles. The van der Waals surface area contributed by atoms with Crippen LogP contribution in [0.3, 0.4) is 0 Å². The van der Waals surface area contributed by atoms with Crippen LogP contribution in [0.5, 0.6) is 5.75 Å². The van der Waals surface area contributed by atoms with E-state index in [4.69, 9.17) is 4.74 Å². The van der Waals surface area contributed by atoms with Gasteiger partial charge in [0.2, 0.25) is 0 Å². The minimum Gasteiger partial charge on any atom is -0.496 e. The number of carbonyl (C=O) groups is 1. The van der Waals surface area contributed by atoms with Crippen molar-refractivity contribution < 1.29 is 9.53 Å². The number of methoxy groups -OCH3 is 1. The monoisotopic (exact) mass is 325 g/mol. The number of rotatable bonds is 4. The van der Waals surface area contributed by atoms with Gasteiger partial charge in [-0.15, -0.1) is 11.3 Å². The highest BCUT2D eigenvalue weighted by atomic mass is 79.9. The Morgan fingerprint density at radius 1 is 1.50 bits per heavy atom. The lowest BCUT2D eigenvalue weighted by Gasteiger charge is -2.07. The summed E-state index contributed by atoms with van der Waals surface area (Å²) in [5, 5.41) is 0.902. The van der Waals surface area contributed by atoms with Crippen molar-refractivity contribution in [3.05, 3.63) is 44.3 Å². The van der Waals surface area contributed by atoms with E-state index >= 15 is 0 Å². The Hall–Kier alpha value is -1.20. The molecule has 0 saturated heterocycles. The van der Waals surface area contributed by atoms with E-state index in [1.165, 1.54) is 11.3 Å². The first-order valence-electron chi connectivity index (χ1n) is 5.38. The predicted molar refractivity (Wildman–Crippen MR) is 75.6 cm³/mol. The number of aromatic nitrogens is 1. The molecule has 2 aromatic rings. The summed E-state index contributed by atoms with van der Waals surface area (Å²) in [5.41, 5.74) is 0.878. The van der Waals surface area contributed by atoms with Crippen molar-refractivity contribution in [2.24, 2.45) is 0 Å². The van der Waals surface area contributed by atoms with Gasteiger partial charge in [0.25, 0.3) is 0 Å². The first kappa shape index (κ1) is 13.2.